The van der Waals surface area contributed by atoms with Crippen LogP contribution in [0.15, 0.2) is 12.1 Å². The molecule has 0 aliphatic carbocycles. The van der Waals surface area contributed by atoms with Crippen molar-refractivity contribution >= 4 is 11.6 Å². The predicted molar refractivity (Wildman–Crippen MR) is 66.3 cm³/mol. The fourth-order valence-corrected chi connectivity index (χ4v) is 1.24. The van der Waals surface area contributed by atoms with Gasteiger partial charge in [-0.05, 0) is 33.2 Å². The van der Waals surface area contributed by atoms with Crippen LogP contribution < -0.4 is 11.1 Å². The molecule has 18 heavy (non-hydrogen) atoms. The molecule has 6 heteroatoms. The average Bonchev–Trinajstić information content (AvgIpc) is 2.31. The number of nitrogens with two attached hydrogens (primary N) is 1. The van der Waals surface area contributed by atoms with Crippen LogP contribution in [0.4, 0.5) is 14.5 Å². The van der Waals surface area contributed by atoms with Crippen molar-refractivity contribution < 1.29 is 13.6 Å². The monoisotopic (exact) mass is 257 g/mol. The molecule has 1 unspecified atom stereocenters. The van der Waals surface area contributed by atoms with Gasteiger partial charge in [-0.2, -0.15) is 0 Å². The molecule has 0 heterocycles. The lowest BCUT2D eigenvalue weighted by Crippen LogP contribution is -2.38. The molecule has 1 aromatic rings. The number of nitrogens with zero attached hydrogens (tertiary/aromatic N) is 1. The van der Waals surface area contributed by atoms with E-state index in [4.69, 9.17) is 5.73 Å². The molecule has 0 bridgehead atoms. The van der Waals surface area contributed by atoms with Gasteiger partial charge >= 0.3 is 0 Å². The number of carbonyl (C=O) groups is 1. The number of halogens is 2. The van der Waals surface area contributed by atoms with Gasteiger partial charge in [0.25, 0.3) is 5.91 Å². The first-order valence-corrected chi connectivity index (χ1v) is 5.52. The Morgan fingerprint density at radius 3 is 2.33 bits per heavy atom. The maximum absolute atomic E-state index is 13.2. The molecule has 1 aromatic carbocycles. The highest BCUT2D eigenvalue weighted by Gasteiger charge is 2.14. The summed E-state index contributed by atoms with van der Waals surface area (Å²) in [4.78, 5) is 13.6. The molecule has 0 aliphatic heterocycles. The molecule has 0 fully saturated rings. The van der Waals surface area contributed by atoms with E-state index in [0.29, 0.717) is 6.54 Å². The van der Waals surface area contributed by atoms with E-state index in [9.17, 15) is 13.6 Å². The second kappa shape index (κ2) is 5.77. The van der Waals surface area contributed by atoms with Crippen LogP contribution in [0.5, 0.6) is 0 Å². The lowest BCUT2D eigenvalue weighted by Gasteiger charge is -2.20. The molecule has 1 amide bonds. The number of hydrogen-bond donors (Lipinski definition) is 2. The first-order valence-electron chi connectivity index (χ1n) is 5.52. The zero-order valence-corrected chi connectivity index (χ0v) is 10.6. The summed E-state index contributed by atoms with van der Waals surface area (Å²) in [5.41, 5.74) is 4.47. The average molecular weight is 257 g/mol. The van der Waals surface area contributed by atoms with Crippen molar-refractivity contribution in [3.63, 3.8) is 0 Å². The predicted octanol–water partition coefficient (Wildman–Crippen LogP) is 1.23. The van der Waals surface area contributed by atoms with E-state index in [1.54, 1.807) is 0 Å². The first-order chi connectivity index (χ1) is 8.32. The molecular formula is C12H17F2N3O. The normalized spacial score (nSPS) is 12.6. The van der Waals surface area contributed by atoms with Crippen LogP contribution in [0.3, 0.4) is 0 Å². The fourth-order valence-electron chi connectivity index (χ4n) is 1.24. The second-order valence-electron chi connectivity index (χ2n) is 4.38. The zero-order valence-electron chi connectivity index (χ0n) is 10.6. The largest absolute Gasteiger partial charge is 0.394 e. The number of amides is 1. The number of anilines is 1. The number of likely N-dealkylation sites (N-methyl/N-ethyl adjacent to an activating group) is 1. The maximum Gasteiger partial charge on any atom is 0.251 e. The Labute approximate surface area is 105 Å². The number of rotatable bonds is 4. The topological polar surface area (TPSA) is 58.4 Å². The quantitative estimate of drug-likeness (QED) is 0.798. The van der Waals surface area contributed by atoms with Crippen LogP contribution in [0, 0.1) is 11.6 Å². The van der Waals surface area contributed by atoms with E-state index in [1.807, 2.05) is 25.9 Å². The Kier molecular flexibility index (Phi) is 4.61. The Morgan fingerprint density at radius 2 is 1.89 bits per heavy atom. The zero-order chi connectivity index (χ0) is 13.9. The lowest BCUT2D eigenvalue weighted by atomic mass is 10.1. The Morgan fingerprint density at radius 1 is 1.39 bits per heavy atom. The summed E-state index contributed by atoms with van der Waals surface area (Å²) in [6, 6.07) is 1.97. The van der Waals surface area contributed by atoms with Crippen molar-refractivity contribution in [3.8, 4) is 0 Å². The Bertz CT molecular complexity index is 426. The maximum atomic E-state index is 13.2. The van der Waals surface area contributed by atoms with Crippen molar-refractivity contribution in [2.45, 2.75) is 13.0 Å². The molecule has 1 atom stereocenters. The van der Waals surface area contributed by atoms with E-state index >= 15 is 0 Å². The minimum atomic E-state index is -0.930. The molecular weight excluding hydrogens is 240 g/mol. The number of carbonyl (C=O) groups excluding carboxylic acids is 1. The van der Waals surface area contributed by atoms with E-state index < -0.39 is 23.2 Å². The van der Waals surface area contributed by atoms with Gasteiger partial charge in [-0.3, -0.25) is 4.79 Å². The third-order valence-electron chi connectivity index (χ3n) is 2.78. The summed E-state index contributed by atoms with van der Waals surface area (Å²) in [5, 5.41) is 2.60. The van der Waals surface area contributed by atoms with E-state index in [0.717, 1.165) is 12.1 Å². The summed E-state index contributed by atoms with van der Waals surface area (Å²) in [6.07, 6.45) is 0. The van der Waals surface area contributed by atoms with Gasteiger partial charge in [0, 0.05) is 18.2 Å². The Balaban J connectivity index is 2.73. The first kappa shape index (κ1) is 14.4. The molecule has 0 radical (unpaired) electrons. The highest BCUT2D eigenvalue weighted by atomic mass is 19.1. The van der Waals surface area contributed by atoms with Crippen LogP contribution in [0.1, 0.15) is 17.3 Å². The van der Waals surface area contributed by atoms with Gasteiger partial charge in [0.1, 0.15) is 17.3 Å². The molecule has 4 nitrogen and oxygen atoms in total. The van der Waals surface area contributed by atoms with Crippen molar-refractivity contribution in [1.82, 2.24) is 10.2 Å². The van der Waals surface area contributed by atoms with E-state index in [2.05, 4.69) is 5.32 Å². The number of hydrogen-bond acceptors (Lipinski definition) is 3. The van der Waals surface area contributed by atoms with Gasteiger partial charge in [0.2, 0.25) is 0 Å². The van der Waals surface area contributed by atoms with Crippen molar-refractivity contribution in [2.24, 2.45) is 0 Å². The minimum absolute atomic E-state index is 0.0786. The van der Waals surface area contributed by atoms with Crippen LogP contribution >= 0.6 is 0 Å². The van der Waals surface area contributed by atoms with Crippen LogP contribution in [-0.2, 0) is 0 Å². The Hall–Kier alpha value is -1.69. The summed E-state index contributed by atoms with van der Waals surface area (Å²) < 4.78 is 26.3. The van der Waals surface area contributed by atoms with Gasteiger partial charge in [0.15, 0.2) is 0 Å². The fraction of sp³-hybridized carbons (Fsp3) is 0.417. The van der Waals surface area contributed by atoms with Crippen LogP contribution in [0.2, 0.25) is 0 Å². The van der Waals surface area contributed by atoms with Crippen molar-refractivity contribution in [2.75, 3.05) is 26.4 Å². The van der Waals surface area contributed by atoms with Gasteiger partial charge in [0.05, 0.1) is 0 Å². The summed E-state index contributed by atoms with van der Waals surface area (Å²) in [6.45, 7) is 2.31. The summed E-state index contributed by atoms with van der Waals surface area (Å²) >= 11 is 0. The molecule has 0 aromatic heterocycles. The van der Waals surface area contributed by atoms with Gasteiger partial charge in [-0.1, -0.05) is 0 Å². The van der Waals surface area contributed by atoms with Gasteiger partial charge in [-0.15, -0.1) is 0 Å². The molecule has 3 N–H and O–H groups in total. The van der Waals surface area contributed by atoms with Crippen molar-refractivity contribution in [1.29, 1.82) is 0 Å². The second-order valence-corrected chi connectivity index (χ2v) is 4.38. The third-order valence-corrected chi connectivity index (χ3v) is 2.78. The third kappa shape index (κ3) is 3.40. The highest BCUT2D eigenvalue weighted by molar-refractivity contribution is 5.94. The number of nitrogen functional groups attached to an aromatic ring is 1. The summed E-state index contributed by atoms with van der Waals surface area (Å²) in [5.74, 6) is -2.39. The molecule has 0 saturated heterocycles. The highest BCUT2D eigenvalue weighted by Crippen LogP contribution is 2.17. The molecule has 0 saturated carbocycles. The molecule has 100 valence electrons. The smallest absolute Gasteiger partial charge is 0.251 e. The molecule has 1 rings (SSSR count). The summed E-state index contributed by atoms with van der Waals surface area (Å²) in [7, 11) is 3.75. The van der Waals surface area contributed by atoms with E-state index in [1.165, 1.54) is 0 Å². The van der Waals surface area contributed by atoms with Crippen molar-refractivity contribution in [3.05, 3.63) is 29.3 Å². The van der Waals surface area contributed by atoms with Crippen LogP contribution in [-0.4, -0.2) is 37.5 Å². The number of benzene rings is 1. The van der Waals surface area contributed by atoms with Crippen LogP contribution in [0.25, 0.3) is 0 Å². The van der Waals surface area contributed by atoms with Gasteiger partial charge < -0.3 is 16.0 Å². The molecule has 0 aliphatic rings. The number of nitrogens with one attached hydrogen (secondary N) is 1. The molecule has 0 spiro atoms. The van der Waals surface area contributed by atoms with Gasteiger partial charge in [-0.25, -0.2) is 8.78 Å². The minimum Gasteiger partial charge on any atom is -0.394 e. The SMILES string of the molecule is CC(CNC(=O)c1cc(F)c(N)c(F)c1)N(C)C. The lowest BCUT2D eigenvalue weighted by molar-refractivity contribution is 0.0943. The standard InChI is InChI=1S/C12H17F2N3O/c1-7(17(2)3)6-16-12(18)8-4-9(13)11(15)10(14)5-8/h4-5,7H,6,15H2,1-3H3,(H,16,18). The van der Waals surface area contributed by atoms with E-state index in [-0.39, 0.29) is 11.6 Å².